The normalized spacial score (nSPS) is 38.3. The van der Waals surface area contributed by atoms with E-state index in [0.29, 0.717) is 6.61 Å². The molecule has 6 heteroatoms. The molecule has 0 aromatic heterocycles. The quantitative estimate of drug-likeness (QED) is 0.451. The van der Waals surface area contributed by atoms with E-state index in [1.54, 1.807) is 0 Å². The fourth-order valence-electron chi connectivity index (χ4n) is 1.76. The molecule has 102 valence electrons. The Hall–Kier alpha value is -0.240. The Bertz CT molecular complexity index is 210. The molecule has 4 N–H and O–H groups in total. The summed E-state index contributed by atoms with van der Waals surface area (Å²) in [7, 11) is 0. The van der Waals surface area contributed by atoms with Crippen LogP contribution in [0.5, 0.6) is 0 Å². The molecule has 0 amide bonds. The van der Waals surface area contributed by atoms with Crippen molar-refractivity contribution in [3.63, 3.8) is 0 Å². The Labute approximate surface area is 101 Å². The molecular formula is C11H22O6. The molecule has 0 aliphatic carbocycles. The molecule has 6 nitrogen and oxygen atoms in total. The van der Waals surface area contributed by atoms with Crippen LogP contribution in [0.1, 0.15) is 26.2 Å². The van der Waals surface area contributed by atoms with Crippen molar-refractivity contribution >= 4 is 0 Å². The van der Waals surface area contributed by atoms with Gasteiger partial charge in [-0.05, 0) is 6.42 Å². The van der Waals surface area contributed by atoms with Gasteiger partial charge in [-0.2, -0.15) is 0 Å². The van der Waals surface area contributed by atoms with Crippen molar-refractivity contribution in [3.05, 3.63) is 0 Å². The smallest absolute Gasteiger partial charge is 0.186 e. The summed E-state index contributed by atoms with van der Waals surface area (Å²) < 4.78 is 10.5. The predicted molar refractivity (Wildman–Crippen MR) is 59.2 cm³/mol. The predicted octanol–water partition coefficient (Wildman–Crippen LogP) is -1.01. The number of unbranched alkanes of at least 4 members (excludes halogenated alkanes) is 2. The summed E-state index contributed by atoms with van der Waals surface area (Å²) in [5, 5.41) is 37.6. The molecule has 5 atom stereocenters. The zero-order chi connectivity index (χ0) is 12.8. The van der Waals surface area contributed by atoms with Crippen LogP contribution in [0.25, 0.3) is 0 Å². The van der Waals surface area contributed by atoms with Crippen LogP contribution >= 0.6 is 0 Å². The third-order valence-corrected chi connectivity index (χ3v) is 2.88. The number of hydrogen-bond acceptors (Lipinski definition) is 6. The second-order valence-corrected chi connectivity index (χ2v) is 4.28. The Morgan fingerprint density at radius 3 is 2.35 bits per heavy atom. The number of rotatable bonds is 6. The molecular weight excluding hydrogens is 228 g/mol. The maximum absolute atomic E-state index is 9.64. The van der Waals surface area contributed by atoms with Gasteiger partial charge in [0, 0.05) is 6.61 Å². The summed E-state index contributed by atoms with van der Waals surface area (Å²) in [5.74, 6) is 0. The lowest BCUT2D eigenvalue weighted by Crippen LogP contribution is -2.59. The highest BCUT2D eigenvalue weighted by Crippen LogP contribution is 2.22. The molecule has 1 saturated heterocycles. The Kier molecular flexibility index (Phi) is 6.32. The second kappa shape index (κ2) is 7.25. The molecule has 2 unspecified atom stereocenters. The second-order valence-electron chi connectivity index (χ2n) is 4.28. The summed E-state index contributed by atoms with van der Waals surface area (Å²) >= 11 is 0. The molecule has 0 radical (unpaired) electrons. The number of ether oxygens (including phenoxy) is 2. The summed E-state index contributed by atoms with van der Waals surface area (Å²) in [5.41, 5.74) is 0. The fourth-order valence-corrected chi connectivity index (χ4v) is 1.76. The van der Waals surface area contributed by atoms with E-state index < -0.39 is 37.3 Å². The van der Waals surface area contributed by atoms with Crippen LogP contribution in [0.2, 0.25) is 0 Å². The van der Waals surface area contributed by atoms with Crippen LogP contribution in [0.4, 0.5) is 0 Å². The van der Waals surface area contributed by atoms with E-state index >= 15 is 0 Å². The molecule has 0 aromatic carbocycles. The summed E-state index contributed by atoms with van der Waals surface area (Å²) in [6.07, 6.45) is -2.98. The first-order chi connectivity index (χ1) is 8.11. The van der Waals surface area contributed by atoms with Gasteiger partial charge in [-0.25, -0.2) is 0 Å². The van der Waals surface area contributed by atoms with Crippen LogP contribution in [-0.2, 0) is 9.47 Å². The lowest BCUT2D eigenvalue weighted by Gasteiger charge is -2.39. The average molecular weight is 250 g/mol. The Morgan fingerprint density at radius 1 is 1.06 bits per heavy atom. The molecule has 1 aliphatic rings. The van der Waals surface area contributed by atoms with Crippen LogP contribution in [0, 0.1) is 0 Å². The zero-order valence-corrected chi connectivity index (χ0v) is 10.0. The minimum Gasteiger partial charge on any atom is -0.394 e. The van der Waals surface area contributed by atoms with E-state index in [2.05, 4.69) is 6.92 Å². The van der Waals surface area contributed by atoms with Crippen LogP contribution in [0.15, 0.2) is 0 Å². The first-order valence-corrected chi connectivity index (χ1v) is 6.04. The van der Waals surface area contributed by atoms with Gasteiger partial charge in [0.2, 0.25) is 0 Å². The first-order valence-electron chi connectivity index (χ1n) is 6.04. The summed E-state index contributed by atoms with van der Waals surface area (Å²) in [4.78, 5) is 0. The highest BCUT2D eigenvalue weighted by Gasteiger charge is 2.43. The highest BCUT2D eigenvalue weighted by atomic mass is 16.7. The van der Waals surface area contributed by atoms with Gasteiger partial charge >= 0.3 is 0 Å². The topological polar surface area (TPSA) is 99.4 Å². The number of hydrogen-bond donors (Lipinski definition) is 4. The lowest BCUT2D eigenvalue weighted by atomic mass is 9.99. The molecule has 0 spiro atoms. The van der Waals surface area contributed by atoms with E-state index in [9.17, 15) is 15.3 Å². The van der Waals surface area contributed by atoms with Crippen molar-refractivity contribution in [1.29, 1.82) is 0 Å². The van der Waals surface area contributed by atoms with Gasteiger partial charge in [-0.1, -0.05) is 19.8 Å². The van der Waals surface area contributed by atoms with Crippen LogP contribution in [0.3, 0.4) is 0 Å². The maximum Gasteiger partial charge on any atom is 0.186 e. The van der Waals surface area contributed by atoms with Gasteiger partial charge in [0.05, 0.1) is 6.61 Å². The first kappa shape index (κ1) is 14.8. The van der Waals surface area contributed by atoms with Gasteiger partial charge in [0.1, 0.15) is 24.4 Å². The summed E-state index contributed by atoms with van der Waals surface area (Å²) in [6, 6.07) is 0. The van der Waals surface area contributed by atoms with Crippen molar-refractivity contribution in [2.45, 2.75) is 56.9 Å². The van der Waals surface area contributed by atoms with Crippen molar-refractivity contribution in [2.75, 3.05) is 13.2 Å². The highest BCUT2D eigenvalue weighted by molar-refractivity contribution is 4.88. The van der Waals surface area contributed by atoms with Gasteiger partial charge in [0.15, 0.2) is 6.29 Å². The largest absolute Gasteiger partial charge is 0.394 e. The van der Waals surface area contributed by atoms with E-state index in [0.717, 1.165) is 19.3 Å². The van der Waals surface area contributed by atoms with Crippen molar-refractivity contribution in [1.82, 2.24) is 0 Å². The van der Waals surface area contributed by atoms with Gasteiger partial charge in [-0.15, -0.1) is 0 Å². The van der Waals surface area contributed by atoms with E-state index in [1.807, 2.05) is 0 Å². The SMILES string of the molecule is CCCCCO[C@@H]1OC(CO)[C@H](O)[C@H](O)C1O. The summed E-state index contributed by atoms with van der Waals surface area (Å²) in [6.45, 7) is 2.05. The van der Waals surface area contributed by atoms with Crippen LogP contribution < -0.4 is 0 Å². The third-order valence-electron chi connectivity index (χ3n) is 2.88. The van der Waals surface area contributed by atoms with E-state index in [-0.39, 0.29) is 0 Å². The van der Waals surface area contributed by atoms with Crippen LogP contribution in [-0.4, -0.2) is 64.3 Å². The molecule has 1 aliphatic heterocycles. The van der Waals surface area contributed by atoms with Crippen molar-refractivity contribution < 1.29 is 29.9 Å². The van der Waals surface area contributed by atoms with Gasteiger partial charge < -0.3 is 29.9 Å². The van der Waals surface area contributed by atoms with E-state index in [1.165, 1.54) is 0 Å². The molecule has 1 rings (SSSR count). The standard InChI is InChI=1S/C11H22O6/c1-2-3-4-5-16-11-10(15)9(14)8(13)7(6-12)17-11/h7-15H,2-6H2,1H3/t7?,8-,9-,10?,11+/m0/s1. The Morgan fingerprint density at radius 2 is 1.76 bits per heavy atom. The average Bonchev–Trinajstić information content (AvgIpc) is 2.34. The molecule has 17 heavy (non-hydrogen) atoms. The monoisotopic (exact) mass is 250 g/mol. The molecule has 1 heterocycles. The zero-order valence-electron chi connectivity index (χ0n) is 10.0. The Balaban J connectivity index is 2.42. The number of aliphatic hydroxyl groups is 4. The number of aliphatic hydroxyl groups excluding tert-OH is 4. The lowest BCUT2D eigenvalue weighted by molar-refractivity contribution is -0.301. The van der Waals surface area contributed by atoms with Crippen molar-refractivity contribution in [3.8, 4) is 0 Å². The minimum absolute atomic E-state index is 0.413. The maximum atomic E-state index is 9.64. The minimum atomic E-state index is -1.36. The molecule has 0 saturated carbocycles. The van der Waals surface area contributed by atoms with Gasteiger partial charge in [0.25, 0.3) is 0 Å². The van der Waals surface area contributed by atoms with Gasteiger partial charge in [-0.3, -0.25) is 0 Å². The fraction of sp³-hybridized carbons (Fsp3) is 1.00. The third kappa shape index (κ3) is 3.87. The molecule has 0 bridgehead atoms. The molecule has 0 aromatic rings. The van der Waals surface area contributed by atoms with E-state index in [4.69, 9.17) is 14.6 Å². The van der Waals surface area contributed by atoms with Crippen molar-refractivity contribution in [2.24, 2.45) is 0 Å². The molecule has 1 fully saturated rings.